The molecule has 0 bridgehead atoms. The summed E-state index contributed by atoms with van der Waals surface area (Å²) in [6, 6.07) is 7.16. The summed E-state index contributed by atoms with van der Waals surface area (Å²) in [6.45, 7) is -0.104. The quantitative estimate of drug-likeness (QED) is 0.602. The zero-order chi connectivity index (χ0) is 18.8. The van der Waals surface area contributed by atoms with Gasteiger partial charge in [-0.15, -0.1) is 0 Å². The first-order chi connectivity index (χ1) is 12.6. The Kier molecular flexibility index (Phi) is 7.37. The van der Waals surface area contributed by atoms with Crippen molar-refractivity contribution in [2.45, 2.75) is 32.1 Å². The summed E-state index contributed by atoms with van der Waals surface area (Å²) in [5.41, 5.74) is 1.97. The molecule has 136 valence electrons. The van der Waals surface area contributed by atoms with Crippen LogP contribution in [0.4, 0.5) is 4.79 Å². The second-order valence-corrected chi connectivity index (χ2v) is 5.93. The molecule has 1 aromatic rings. The average molecular weight is 355 g/mol. The van der Waals surface area contributed by atoms with Crippen LogP contribution in [0.2, 0.25) is 0 Å². The molecule has 2 N–H and O–H groups in total. The number of benzene rings is 1. The fourth-order valence-corrected chi connectivity index (χ4v) is 2.57. The zero-order valence-electron chi connectivity index (χ0n) is 14.4. The first kappa shape index (κ1) is 19.2. The van der Waals surface area contributed by atoms with E-state index in [9.17, 15) is 14.4 Å². The van der Waals surface area contributed by atoms with Gasteiger partial charge >= 0.3 is 12.0 Å². The van der Waals surface area contributed by atoms with Gasteiger partial charge in [0.05, 0.1) is 17.2 Å². The minimum atomic E-state index is -0.707. The summed E-state index contributed by atoms with van der Waals surface area (Å²) in [7, 11) is 0. The van der Waals surface area contributed by atoms with Crippen molar-refractivity contribution in [3.8, 4) is 6.07 Å². The Bertz CT molecular complexity index is 732. The lowest BCUT2D eigenvalue weighted by atomic mass is 9.97. The summed E-state index contributed by atoms with van der Waals surface area (Å²) < 4.78 is 4.84. The Morgan fingerprint density at radius 1 is 1.15 bits per heavy atom. The fourth-order valence-electron chi connectivity index (χ4n) is 2.57. The molecule has 3 amide bonds. The van der Waals surface area contributed by atoms with E-state index in [0.29, 0.717) is 12.1 Å². The minimum Gasteiger partial charge on any atom is -0.452 e. The number of nitrogens with one attached hydrogen (secondary N) is 2. The number of nitrogens with zero attached hydrogens (tertiary/aromatic N) is 1. The van der Waals surface area contributed by atoms with Gasteiger partial charge in [-0.1, -0.05) is 11.6 Å². The van der Waals surface area contributed by atoms with E-state index in [2.05, 4.69) is 16.7 Å². The maximum atomic E-state index is 11.8. The number of imide groups is 1. The SMILES string of the molecule is N#Cc1ccc(C(=O)OCC(=O)NC(=O)NCCC2=CCCCC2)cc1. The van der Waals surface area contributed by atoms with Crippen LogP contribution in [0.15, 0.2) is 35.9 Å². The molecule has 1 aliphatic carbocycles. The van der Waals surface area contributed by atoms with Crippen LogP contribution in [0.25, 0.3) is 0 Å². The third kappa shape index (κ3) is 6.40. The summed E-state index contributed by atoms with van der Waals surface area (Å²) in [5.74, 6) is -1.41. The highest BCUT2D eigenvalue weighted by Gasteiger charge is 2.12. The van der Waals surface area contributed by atoms with Crippen molar-refractivity contribution in [1.29, 1.82) is 5.26 Å². The van der Waals surface area contributed by atoms with E-state index in [-0.39, 0.29) is 5.56 Å². The van der Waals surface area contributed by atoms with Gasteiger partial charge in [-0.3, -0.25) is 10.1 Å². The number of carbonyl (C=O) groups excluding carboxylic acids is 3. The van der Waals surface area contributed by atoms with Crippen LogP contribution in [0.1, 0.15) is 48.0 Å². The van der Waals surface area contributed by atoms with Crippen molar-refractivity contribution < 1.29 is 19.1 Å². The number of hydrogen-bond donors (Lipinski definition) is 2. The van der Waals surface area contributed by atoms with Gasteiger partial charge in [0.15, 0.2) is 6.61 Å². The minimum absolute atomic E-state index is 0.224. The molecule has 0 saturated heterocycles. The number of hydrogen-bond acceptors (Lipinski definition) is 5. The summed E-state index contributed by atoms with van der Waals surface area (Å²) in [6.07, 6.45) is 7.53. The Hall–Kier alpha value is -3.14. The highest BCUT2D eigenvalue weighted by atomic mass is 16.5. The summed E-state index contributed by atoms with van der Waals surface area (Å²) in [4.78, 5) is 35.1. The van der Waals surface area contributed by atoms with E-state index in [0.717, 1.165) is 19.3 Å². The number of amides is 3. The Morgan fingerprint density at radius 3 is 2.58 bits per heavy atom. The van der Waals surface area contributed by atoms with E-state index in [4.69, 9.17) is 10.00 Å². The van der Waals surface area contributed by atoms with E-state index in [1.54, 1.807) is 0 Å². The van der Waals surface area contributed by atoms with Gasteiger partial charge < -0.3 is 10.1 Å². The molecule has 1 aromatic carbocycles. The Balaban J connectivity index is 1.65. The molecule has 1 aliphatic rings. The molecule has 0 aromatic heterocycles. The van der Waals surface area contributed by atoms with Crippen LogP contribution in [-0.4, -0.2) is 31.1 Å². The van der Waals surface area contributed by atoms with Gasteiger partial charge in [0.2, 0.25) is 0 Å². The van der Waals surface area contributed by atoms with E-state index in [1.807, 2.05) is 6.07 Å². The van der Waals surface area contributed by atoms with Crippen LogP contribution in [0, 0.1) is 11.3 Å². The van der Waals surface area contributed by atoms with E-state index >= 15 is 0 Å². The van der Waals surface area contributed by atoms with Crippen LogP contribution >= 0.6 is 0 Å². The summed E-state index contributed by atoms with van der Waals surface area (Å²) >= 11 is 0. The predicted molar refractivity (Wildman–Crippen MR) is 94.1 cm³/mol. The number of carbonyl (C=O) groups is 3. The van der Waals surface area contributed by atoms with Crippen molar-refractivity contribution in [2.24, 2.45) is 0 Å². The lowest BCUT2D eigenvalue weighted by Gasteiger charge is -2.13. The maximum Gasteiger partial charge on any atom is 0.338 e. The van der Waals surface area contributed by atoms with Crippen LogP contribution in [-0.2, 0) is 9.53 Å². The van der Waals surface area contributed by atoms with Gasteiger partial charge in [-0.2, -0.15) is 5.26 Å². The summed E-state index contributed by atoms with van der Waals surface area (Å²) in [5, 5.41) is 13.4. The lowest BCUT2D eigenvalue weighted by molar-refractivity contribution is -0.123. The number of urea groups is 1. The second-order valence-electron chi connectivity index (χ2n) is 5.93. The Labute approximate surface area is 152 Å². The number of esters is 1. The first-order valence-corrected chi connectivity index (χ1v) is 8.51. The molecule has 0 spiro atoms. The molecule has 0 radical (unpaired) electrons. The van der Waals surface area contributed by atoms with Crippen molar-refractivity contribution in [2.75, 3.05) is 13.2 Å². The van der Waals surface area contributed by atoms with E-state index < -0.39 is 24.5 Å². The molecule has 26 heavy (non-hydrogen) atoms. The van der Waals surface area contributed by atoms with Gasteiger partial charge in [0, 0.05) is 6.54 Å². The molecule has 0 fully saturated rings. The fraction of sp³-hybridized carbons (Fsp3) is 0.368. The molecule has 0 heterocycles. The van der Waals surface area contributed by atoms with E-state index in [1.165, 1.54) is 42.7 Å². The number of nitriles is 1. The van der Waals surface area contributed by atoms with Crippen LogP contribution in [0.3, 0.4) is 0 Å². The monoisotopic (exact) mass is 355 g/mol. The topological polar surface area (TPSA) is 108 Å². The Morgan fingerprint density at radius 2 is 1.92 bits per heavy atom. The van der Waals surface area contributed by atoms with Gasteiger partial charge in [-0.05, 0) is 56.4 Å². The zero-order valence-corrected chi connectivity index (χ0v) is 14.4. The molecule has 7 heteroatoms. The molecular formula is C19H21N3O4. The van der Waals surface area contributed by atoms with Crippen molar-refractivity contribution in [1.82, 2.24) is 10.6 Å². The smallest absolute Gasteiger partial charge is 0.338 e. The third-order valence-electron chi connectivity index (χ3n) is 3.95. The van der Waals surface area contributed by atoms with Gasteiger partial charge in [0.25, 0.3) is 5.91 Å². The highest BCUT2D eigenvalue weighted by Crippen LogP contribution is 2.19. The number of allylic oxidation sites excluding steroid dienone is 1. The van der Waals surface area contributed by atoms with Crippen LogP contribution in [0.5, 0.6) is 0 Å². The molecular weight excluding hydrogens is 334 g/mol. The number of ether oxygens (including phenoxy) is 1. The van der Waals surface area contributed by atoms with Gasteiger partial charge in [0.1, 0.15) is 0 Å². The predicted octanol–water partition coefficient (Wildman–Crippen LogP) is 2.43. The first-order valence-electron chi connectivity index (χ1n) is 8.51. The molecule has 0 unspecified atom stereocenters. The third-order valence-corrected chi connectivity index (χ3v) is 3.95. The molecule has 0 aliphatic heterocycles. The average Bonchev–Trinajstić information content (AvgIpc) is 2.67. The van der Waals surface area contributed by atoms with Crippen molar-refractivity contribution in [3.05, 3.63) is 47.0 Å². The standard InChI is InChI=1S/C19H21N3O4/c20-12-15-6-8-16(9-7-15)18(24)26-13-17(23)22-19(25)21-11-10-14-4-2-1-3-5-14/h4,6-9H,1-3,5,10-11,13H2,(H2,21,22,23,25). The maximum absolute atomic E-state index is 11.8. The molecule has 0 saturated carbocycles. The van der Waals surface area contributed by atoms with Crippen molar-refractivity contribution >= 4 is 17.9 Å². The van der Waals surface area contributed by atoms with Gasteiger partial charge in [-0.25, -0.2) is 9.59 Å². The molecule has 0 atom stereocenters. The lowest BCUT2D eigenvalue weighted by Crippen LogP contribution is -2.41. The van der Waals surface area contributed by atoms with Crippen LogP contribution < -0.4 is 10.6 Å². The highest BCUT2D eigenvalue weighted by molar-refractivity contribution is 5.97. The normalized spacial score (nSPS) is 13.1. The molecule has 7 nitrogen and oxygen atoms in total. The van der Waals surface area contributed by atoms with Crippen molar-refractivity contribution in [3.63, 3.8) is 0 Å². The molecule has 2 rings (SSSR count). The number of rotatable bonds is 6. The largest absolute Gasteiger partial charge is 0.452 e. The second kappa shape index (κ2) is 9.99.